The summed E-state index contributed by atoms with van der Waals surface area (Å²) >= 11 is 0. The summed E-state index contributed by atoms with van der Waals surface area (Å²) in [5.41, 5.74) is 1.85. The van der Waals surface area contributed by atoms with Crippen molar-refractivity contribution in [2.45, 2.75) is 19.3 Å². The molecule has 172 valence electrons. The highest BCUT2D eigenvalue weighted by atomic mass is 16.5. The summed E-state index contributed by atoms with van der Waals surface area (Å²) < 4.78 is 6.41. The Labute approximate surface area is 198 Å². The second kappa shape index (κ2) is 8.14. The molecular weight excluding hydrogens is 446 g/mol. The van der Waals surface area contributed by atoms with E-state index in [-0.39, 0.29) is 11.4 Å². The van der Waals surface area contributed by atoms with Gasteiger partial charge < -0.3 is 4.74 Å². The number of benzene rings is 1. The van der Waals surface area contributed by atoms with Crippen LogP contribution in [-0.2, 0) is 5.41 Å². The second-order valence-corrected chi connectivity index (χ2v) is 8.42. The van der Waals surface area contributed by atoms with Gasteiger partial charge in [0.2, 0.25) is 0 Å². The van der Waals surface area contributed by atoms with Crippen LogP contribution in [-0.4, -0.2) is 36.6 Å². The molecule has 0 bridgehead atoms. The number of nitrogens with zero attached hydrogens (tertiary/aromatic N) is 6. The minimum absolute atomic E-state index is 0.217. The van der Waals surface area contributed by atoms with Crippen LogP contribution >= 0.6 is 0 Å². The van der Waals surface area contributed by atoms with Crippen molar-refractivity contribution >= 4 is 21.9 Å². The Morgan fingerprint density at radius 1 is 1.00 bits per heavy atom. The van der Waals surface area contributed by atoms with Crippen LogP contribution in [0.2, 0.25) is 0 Å². The van der Waals surface area contributed by atoms with Crippen LogP contribution in [0.5, 0.6) is 6.01 Å². The van der Waals surface area contributed by atoms with E-state index in [0.29, 0.717) is 33.5 Å². The first-order chi connectivity index (χ1) is 16.8. The lowest BCUT2D eigenvalue weighted by Crippen LogP contribution is -2.29. The van der Waals surface area contributed by atoms with Crippen LogP contribution in [0.1, 0.15) is 19.4 Å². The second-order valence-electron chi connectivity index (χ2n) is 8.42. The van der Waals surface area contributed by atoms with Crippen molar-refractivity contribution in [2.75, 3.05) is 7.11 Å². The molecule has 5 aromatic rings. The number of methoxy groups -OCH3 is 1. The fourth-order valence-electron chi connectivity index (χ4n) is 3.82. The fourth-order valence-corrected chi connectivity index (χ4v) is 3.82. The summed E-state index contributed by atoms with van der Waals surface area (Å²) in [5.74, 6) is 0. The normalized spacial score (nSPS) is 11.5. The Balaban J connectivity index is 1.79. The summed E-state index contributed by atoms with van der Waals surface area (Å²) in [4.78, 5) is 45.4. The molecule has 10 nitrogen and oxygen atoms in total. The predicted octanol–water partition coefficient (Wildman–Crippen LogP) is 2.89. The molecule has 1 N–H and O–H groups in total. The minimum Gasteiger partial charge on any atom is -0.467 e. The van der Waals surface area contributed by atoms with Gasteiger partial charge in [0.15, 0.2) is 0 Å². The van der Waals surface area contributed by atoms with E-state index in [4.69, 9.17) is 9.72 Å². The Hall–Kier alpha value is -4.91. The van der Waals surface area contributed by atoms with Gasteiger partial charge in [0.05, 0.1) is 46.4 Å². The number of rotatable bonds is 4. The van der Waals surface area contributed by atoms with Crippen molar-refractivity contribution in [1.29, 1.82) is 5.26 Å². The molecule has 0 spiro atoms. The summed E-state index contributed by atoms with van der Waals surface area (Å²) in [6.07, 6.45) is 4.58. The fraction of sp³-hybridized carbons (Fsp3) is 0.160. The Bertz CT molecular complexity index is 1750. The van der Waals surface area contributed by atoms with Gasteiger partial charge in [-0.2, -0.15) is 5.26 Å². The van der Waals surface area contributed by atoms with Crippen LogP contribution in [0.4, 0.5) is 0 Å². The van der Waals surface area contributed by atoms with Gasteiger partial charge in [-0.3, -0.25) is 19.3 Å². The van der Waals surface area contributed by atoms with Crippen molar-refractivity contribution in [1.82, 2.24) is 29.5 Å². The molecular formula is C25H19N7O3. The summed E-state index contributed by atoms with van der Waals surface area (Å²) in [7, 11) is 1.48. The maximum Gasteiger partial charge on any atom is 0.333 e. The monoisotopic (exact) mass is 465 g/mol. The Kier molecular flexibility index (Phi) is 5.10. The van der Waals surface area contributed by atoms with Crippen LogP contribution in [0, 0.1) is 11.3 Å². The summed E-state index contributed by atoms with van der Waals surface area (Å²) in [6, 6.07) is 13.1. The lowest BCUT2D eigenvalue weighted by atomic mass is 9.86. The van der Waals surface area contributed by atoms with Crippen LogP contribution in [0.3, 0.4) is 0 Å². The number of nitriles is 1. The lowest BCUT2D eigenvalue weighted by Gasteiger charge is -2.17. The van der Waals surface area contributed by atoms with Crippen molar-refractivity contribution < 1.29 is 4.74 Å². The summed E-state index contributed by atoms with van der Waals surface area (Å²) in [5, 5.41) is 9.66. The van der Waals surface area contributed by atoms with Gasteiger partial charge in [-0.25, -0.2) is 19.7 Å². The van der Waals surface area contributed by atoms with E-state index in [1.807, 2.05) is 13.8 Å². The first kappa shape index (κ1) is 21.9. The predicted molar refractivity (Wildman–Crippen MR) is 129 cm³/mol. The van der Waals surface area contributed by atoms with Gasteiger partial charge in [-0.1, -0.05) is 12.1 Å². The van der Waals surface area contributed by atoms with Gasteiger partial charge in [0.1, 0.15) is 5.52 Å². The molecule has 0 aliphatic rings. The molecule has 0 aliphatic heterocycles. The van der Waals surface area contributed by atoms with E-state index in [1.165, 1.54) is 17.9 Å². The van der Waals surface area contributed by atoms with Gasteiger partial charge in [0.25, 0.3) is 5.56 Å². The first-order valence-electron chi connectivity index (χ1n) is 10.7. The lowest BCUT2D eigenvalue weighted by molar-refractivity contribution is 0.380. The number of hydrogen-bond donors (Lipinski definition) is 1. The molecule has 5 rings (SSSR count). The number of aromatic amines is 1. The van der Waals surface area contributed by atoms with Gasteiger partial charge in [0, 0.05) is 24.2 Å². The van der Waals surface area contributed by atoms with Crippen molar-refractivity contribution in [3.63, 3.8) is 0 Å². The molecule has 35 heavy (non-hydrogen) atoms. The number of H-pyrrole nitrogens is 1. The Morgan fingerprint density at radius 2 is 1.71 bits per heavy atom. The van der Waals surface area contributed by atoms with E-state index in [9.17, 15) is 14.9 Å². The molecule has 4 aromatic heterocycles. The average Bonchev–Trinajstić information content (AvgIpc) is 2.88. The molecule has 0 saturated carbocycles. The molecule has 0 unspecified atom stereocenters. The SMILES string of the molecule is COc1ncc(-c2ccc3ncc4c(=O)[nH]c(=O)n(-c5ccc(C(C)(C)C#N)cc5)c4c3n2)cn1. The zero-order valence-corrected chi connectivity index (χ0v) is 19.1. The molecule has 1 aromatic carbocycles. The molecule has 4 heterocycles. The van der Waals surface area contributed by atoms with E-state index in [1.54, 1.807) is 48.8 Å². The van der Waals surface area contributed by atoms with E-state index >= 15 is 0 Å². The topological polar surface area (TPSA) is 139 Å². The molecule has 0 atom stereocenters. The quantitative estimate of drug-likeness (QED) is 0.400. The van der Waals surface area contributed by atoms with Crippen LogP contribution in [0.15, 0.2) is 64.6 Å². The van der Waals surface area contributed by atoms with Crippen LogP contribution < -0.4 is 16.0 Å². The molecule has 0 amide bonds. The van der Waals surface area contributed by atoms with Crippen molar-refractivity contribution in [3.05, 3.63) is 81.4 Å². The molecule has 0 fully saturated rings. The smallest absolute Gasteiger partial charge is 0.333 e. The largest absolute Gasteiger partial charge is 0.467 e. The Morgan fingerprint density at radius 3 is 2.37 bits per heavy atom. The average molecular weight is 465 g/mol. The third-order valence-corrected chi connectivity index (χ3v) is 5.81. The molecule has 0 aliphatic carbocycles. The number of nitrogens with one attached hydrogen (secondary N) is 1. The number of pyridine rings is 2. The zero-order chi connectivity index (χ0) is 24.7. The zero-order valence-electron chi connectivity index (χ0n) is 19.1. The van der Waals surface area contributed by atoms with Gasteiger partial charge in [-0.05, 0) is 43.7 Å². The molecule has 0 radical (unpaired) electrons. The number of ether oxygens (including phenoxy) is 1. The minimum atomic E-state index is -0.690. The highest BCUT2D eigenvalue weighted by Crippen LogP contribution is 2.27. The molecule has 0 saturated heterocycles. The third-order valence-electron chi connectivity index (χ3n) is 5.81. The van der Waals surface area contributed by atoms with Crippen LogP contribution in [0.25, 0.3) is 38.9 Å². The third kappa shape index (κ3) is 3.69. The maximum atomic E-state index is 13.0. The van der Waals surface area contributed by atoms with E-state index < -0.39 is 16.7 Å². The first-order valence-corrected chi connectivity index (χ1v) is 10.7. The van der Waals surface area contributed by atoms with Crippen molar-refractivity contribution in [2.24, 2.45) is 0 Å². The number of fused-ring (bicyclic) bond motifs is 3. The highest BCUT2D eigenvalue weighted by molar-refractivity contribution is 6.01. The summed E-state index contributed by atoms with van der Waals surface area (Å²) in [6.45, 7) is 3.63. The number of aromatic nitrogens is 6. The highest BCUT2D eigenvalue weighted by Gasteiger charge is 2.20. The van der Waals surface area contributed by atoms with E-state index in [0.717, 1.165) is 5.56 Å². The van der Waals surface area contributed by atoms with Gasteiger partial charge in [-0.15, -0.1) is 0 Å². The van der Waals surface area contributed by atoms with E-state index in [2.05, 4.69) is 26.0 Å². The van der Waals surface area contributed by atoms with Gasteiger partial charge >= 0.3 is 11.7 Å². The van der Waals surface area contributed by atoms with Crippen molar-refractivity contribution in [3.8, 4) is 29.0 Å². The number of hydrogen-bond acceptors (Lipinski definition) is 8. The maximum absolute atomic E-state index is 13.0. The molecule has 10 heteroatoms. The standard InChI is InChI=1S/C25H19N7O3/c1-25(2,13-26)15-4-6-16(7-5-15)32-21-17(22(33)31-24(32)34)12-27-19-9-8-18(30-20(19)21)14-10-28-23(35-3)29-11-14/h4-12H,1-3H3,(H,31,33,34).